The van der Waals surface area contributed by atoms with E-state index in [2.05, 4.69) is 27.7 Å². The lowest BCUT2D eigenvalue weighted by Crippen LogP contribution is -2.65. The van der Waals surface area contributed by atoms with Gasteiger partial charge in [0, 0.05) is 13.8 Å². The second-order valence-corrected chi connectivity index (χ2v) is 10.7. The predicted octanol–water partition coefficient (Wildman–Crippen LogP) is 4.63. The lowest BCUT2D eigenvalue weighted by molar-refractivity contribution is -0.199. The summed E-state index contributed by atoms with van der Waals surface area (Å²) in [6, 6.07) is 5.67. The van der Waals surface area contributed by atoms with Crippen molar-refractivity contribution in [2.45, 2.75) is 84.1 Å². The fourth-order valence-electron chi connectivity index (χ4n) is 6.16. The van der Waals surface area contributed by atoms with Gasteiger partial charge in [0.2, 0.25) is 5.79 Å². The number of esters is 1. The Balaban J connectivity index is 1.36. The Morgan fingerprint density at radius 2 is 1.90 bits per heavy atom. The first-order valence-electron chi connectivity index (χ1n) is 10.9. The average Bonchev–Trinajstić information content (AvgIpc) is 2.98. The molecule has 0 radical (unpaired) electrons. The molecule has 5 nitrogen and oxygen atoms in total. The van der Waals surface area contributed by atoms with E-state index < -0.39 is 5.79 Å². The number of benzene rings is 1. The van der Waals surface area contributed by atoms with Crippen molar-refractivity contribution < 1.29 is 23.6 Å². The van der Waals surface area contributed by atoms with Crippen molar-refractivity contribution in [3.8, 4) is 5.75 Å². The van der Waals surface area contributed by atoms with Crippen LogP contribution >= 0.6 is 0 Å². The van der Waals surface area contributed by atoms with Gasteiger partial charge in [-0.3, -0.25) is 0 Å². The van der Waals surface area contributed by atoms with E-state index in [-0.39, 0.29) is 30.6 Å². The molecule has 3 aliphatic carbocycles. The van der Waals surface area contributed by atoms with Crippen molar-refractivity contribution in [1.29, 1.82) is 0 Å². The molecule has 5 atom stereocenters. The third-order valence-electron chi connectivity index (χ3n) is 7.98. The van der Waals surface area contributed by atoms with Gasteiger partial charge in [-0.1, -0.05) is 32.9 Å². The van der Waals surface area contributed by atoms with Crippen LogP contribution in [-0.2, 0) is 20.5 Å². The van der Waals surface area contributed by atoms with E-state index in [4.69, 9.17) is 18.8 Å². The molecule has 3 saturated carbocycles. The normalized spacial score (nSPS) is 37.0. The first kappa shape index (κ1) is 19.4. The summed E-state index contributed by atoms with van der Waals surface area (Å²) in [5.41, 5.74) is 1.63. The highest BCUT2D eigenvalue weighted by Gasteiger charge is 2.68. The second-order valence-electron chi connectivity index (χ2n) is 10.7. The molecule has 6 rings (SSSR count). The number of carbonyl (C=O) groups excluding carboxylic acids is 1. The average molecular weight is 398 g/mol. The molecule has 1 saturated heterocycles. The quantitative estimate of drug-likeness (QED) is 0.549. The molecular formula is C23H31BO5. The number of fused-ring (bicyclic) bond motifs is 1. The van der Waals surface area contributed by atoms with E-state index in [0.29, 0.717) is 22.6 Å². The van der Waals surface area contributed by atoms with Gasteiger partial charge in [-0.2, -0.15) is 0 Å². The summed E-state index contributed by atoms with van der Waals surface area (Å²) < 4.78 is 24.5. The Kier molecular flexibility index (Phi) is 4.03. The summed E-state index contributed by atoms with van der Waals surface area (Å²) in [4.78, 5) is 12.4. The molecule has 0 aromatic heterocycles. The number of ether oxygens (including phenoxy) is 2. The van der Waals surface area contributed by atoms with E-state index in [1.165, 1.54) is 6.42 Å². The van der Waals surface area contributed by atoms with E-state index >= 15 is 0 Å². The van der Waals surface area contributed by atoms with Gasteiger partial charge < -0.3 is 18.8 Å². The number of hydrogen-bond donors (Lipinski definition) is 0. The van der Waals surface area contributed by atoms with Crippen molar-refractivity contribution in [2.24, 2.45) is 17.3 Å². The standard InChI is InChI=1S/C23H31BO5/c1-13(10-14-8-7-9-16-19(14)26-22(4,5)27-20(16)25)24-28-18-12-15-11-17(21(15,2)3)23(18,6)29-24/h7-9,13,15,17-18H,10-12H2,1-6H3/t13-,15?,17+,18-,23+/m1/s1. The summed E-state index contributed by atoms with van der Waals surface area (Å²) in [7, 11) is -0.237. The number of hydrogen-bond acceptors (Lipinski definition) is 5. The zero-order chi connectivity index (χ0) is 20.8. The number of rotatable bonds is 3. The van der Waals surface area contributed by atoms with Crippen LogP contribution in [0.25, 0.3) is 0 Å². The Morgan fingerprint density at radius 3 is 2.62 bits per heavy atom. The molecule has 2 heterocycles. The first-order valence-corrected chi connectivity index (χ1v) is 10.9. The highest BCUT2D eigenvalue weighted by Crippen LogP contribution is 2.66. The molecule has 0 N–H and O–H groups in total. The van der Waals surface area contributed by atoms with Crippen LogP contribution in [-0.4, -0.2) is 30.6 Å². The van der Waals surface area contributed by atoms with Crippen LogP contribution in [0.4, 0.5) is 0 Å². The fourth-order valence-corrected chi connectivity index (χ4v) is 6.16. The smallest absolute Gasteiger partial charge is 0.452 e. The van der Waals surface area contributed by atoms with Gasteiger partial charge in [0.25, 0.3) is 0 Å². The lowest BCUT2D eigenvalue weighted by Gasteiger charge is -2.64. The Labute approximate surface area is 173 Å². The van der Waals surface area contributed by atoms with Gasteiger partial charge in [-0.25, -0.2) is 4.79 Å². The summed E-state index contributed by atoms with van der Waals surface area (Å²) >= 11 is 0. The molecule has 0 amide bonds. The molecule has 156 valence electrons. The second kappa shape index (κ2) is 6.01. The zero-order valence-electron chi connectivity index (χ0n) is 18.3. The van der Waals surface area contributed by atoms with Crippen molar-refractivity contribution in [2.75, 3.05) is 0 Å². The Bertz CT molecular complexity index is 865. The maximum Gasteiger partial charge on any atom is 0.461 e. The van der Waals surface area contributed by atoms with E-state index in [9.17, 15) is 4.79 Å². The van der Waals surface area contributed by atoms with Crippen LogP contribution in [0.1, 0.15) is 70.3 Å². The van der Waals surface area contributed by atoms with Gasteiger partial charge >= 0.3 is 13.1 Å². The topological polar surface area (TPSA) is 54.0 Å². The number of cyclic esters (lactones) is 1. The van der Waals surface area contributed by atoms with Crippen LogP contribution in [0.3, 0.4) is 0 Å². The summed E-state index contributed by atoms with van der Waals surface area (Å²) in [5.74, 6) is 0.781. The molecule has 2 aliphatic heterocycles. The first-order chi connectivity index (χ1) is 13.5. The molecule has 1 aromatic carbocycles. The molecular weight excluding hydrogens is 367 g/mol. The van der Waals surface area contributed by atoms with Gasteiger partial charge in [-0.15, -0.1) is 0 Å². The van der Waals surface area contributed by atoms with E-state index in [0.717, 1.165) is 24.3 Å². The van der Waals surface area contributed by atoms with Gasteiger partial charge in [0.05, 0.1) is 11.7 Å². The monoisotopic (exact) mass is 398 g/mol. The predicted molar refractivity (Wildman–Crippen MR) is 110 cm³/mol. The van der Waals surface area contributed by atoms with Crippen molar-refractivity contribution in [3.05, 3.63) is 29.3 Å². The molecule has 29 heavy (non-hydrogen) atoms. The molecule has 4 fully saturated rings. The summed E-state index contributed by atoms with van der Waals surface area (Å²) in [5, 5.41) is 0. The molecule has 5 aliphatic rings. The van der Waals surface area contributed by atoms with E-state index in [1.807, 2.05) is 12.1 Å². The van der Waals surface area contributed by atoms with Gasteiger partial charge in [0.15, 0.2) is 0 Å². The minimum atomic E-state index is -0.960. The molecule has 1 aromatic rings. The van der Waals surface area contributed by atoms with Gasteiger partial charge in [0.1, 0.15) is 11.3 Å². The summed E-state index contributed by atoms with van der Waals surface area (Å²) in [6.45, 7) is 12.7. The van der Waals surface area contributed by atoms with Crippen molar-refractivity contribution in [3.63, 3.8) is 0 Å². The maximum atomic E-state index is 12.4. The molecule has 2 bridgehead atoms. The minimum Gasteiger partial charge on any atom is -0.452 e. The number of para-hydroxylation sites is 1. The van der Waals surface area contributed by atoms with Crippen LogP contribution < -0.4 is 4.74 Å². The highest BCUT2D eigenvalue weighted by atomic mass is 16.7. The van der Waals surface area contributed by atoms with Crippen molar-refractivity contribution >= 4 is 13.1 Å². The minimum absolute atomic E-state index is 0.147. The third kappa shape index (κ3) is 2.78. The molecule has 1 unspecified atom stereocenters. The number of carbonyl (C=O) groups is 1. The van der Waals surface area contributed by atoms with E-state index in [1.54, 1.807) is 19.9 Å². The lowest BCUT2D eigenvalue weighted by atomic mass is 9.43. The van der Waals surface area contributed by atoms with Crippen LogP contribution in [0.15, 0.2) is 18.2 Å². The maximum absolute atomic E-state index is 12.4. The molecule has 6 heteroatoms. The Morgan fingerprint density at radius 1 is 1.14 bits per heavy atom. The van der Waals surface area contributed by atoms with Crippen molar-refractivity contribution in [1.82, 2.24) is 0 Å². The summed E-state index contributed by atoms with van der Waals surface area (Å²) in [6.07, 6.45) is 3.24. The molecule has 0 spiro atoms. The fraction of sp³-hybridized carbons (Fsp3) is 0.696. The highest BCUT2D eigenvalue weighted by molar-refractivity contribution is 6.47. The Hall–Kier alpha value is -1.53. The van der Waals surface area contributed by atoms with Crippen LogP contribution in [0.5, 0.6) is 5.75 Å². The third-order valence-corrected chi connectivity index (χ3v) is 7.98. The van der Waals surface area contributed by atoms with Crippen LogP contribution in [0, 0.1) is 17.3 Å². The van der Waals surface area contributed by atoms with Gasteiger partial charge in [-0.05, 0) is 60.9 Å². The zero-order valence-corrected chi connectivity index (χ0v) is 18.3. The SMILES string of the molecule is C[C@H](Cc1cccc2c1OC(C)(C)OC2=O)B1O[C@@H]2CC3C[C@@H](C3(C)C)[C@]2(C)O1. The van der Waals surface area contributed by atoms with Crippen LogP contribution in [0.2, 0.25) is 5.82 Å². The largest absolute Gasteiger partial charge is 0.461 e.